The second kappa shape index (κ2) is 30.6. The lowest BCUT2D eigenvalue weighted by atomic mass is 10.3. The summed E-state index contributed by atoms with van der Waals surface area (Å²) in [7, 11) is 4.81. The van der Waals surface area contributed by atoms with Crippen molar-refractivity contribution in [3.05, 3.63) is 5.82 Å². The normalized spacial score (nSPS) is 9.23. The Balaban J connectivity index is -0.0000000868. The summed E-state index contributed by atoms with van der Waals surface area (Å²) in [6.45, 7) is 9.00. The molecule has 1 rings (SSSR count). The Labute approximate surface area is 180 Å². The Kier molecular flexibility index (Phi) is 38.4. The van der Waals surface area contributed by atoms with Crippen molar-refractivity contribution in [3.8, 4) is 0 Å². The predicted octanol–water partition coefficient (Wildman–Crippen LogP) is 0.0814. The smallest absolute Gasteiger partial charge is 0.233 e. The fraction of sp³-hybridized carbons (Fsp3) is 0.706. The number of aromatic nitrogens is 4. The number of oxime groups is 1. The Hall–Kier alpha value is -3.09. The molecule has 0 spiro atoms. The first-order valence-corrected chi connectivity index (χ1v) is 8.77. The molecule has 30 heavy (non-hydrogen) atoms. The van der Waals surface area contributed by atoms with Gasteiger partial charge in [0.2, 0.25) is 11.8 Å². The minimum absolute atomic E-state index is 0. The van der Waals surface area contributed by atoms with Gasteiger partial charge in [0, 0.05) is 34.5 Å². The van der Waals surface area contributed by atoms with Crippen molar-refractivity contribution in [2.75, 3.05) is 27.7 Å². The number of carbonyl (C=O) groups excluding carboxylic acids is 2. The van der Waals surface area contributed by atoms with Gasteiger partial charge < -0.3 is 27.3 Å². The monoisotopic (exact) mass is 434 g/mol. The molecule has 13 heteroatoms. The number of tetrazole rings is 1. The summed E-state index contributed by atoms with van der Waals surface area (Å²) < 4.78 is 0. The van der Waals surface area contributed by atoms with E-state index in [0.717, 1.165) is 24.4 Å². The molecule has 1 aromatic rings. The van der Waals surface area contributed by atoms with E-state index >= 15 is 0 Å². The largest absolute Gasteiger partial charge is 0.411 e. The number of hydrogen-bond donors (Lipinski definition) is 6. The first kappa shape index (κ1) is 37.6. The third kappa shape index (κ3) is 44.4. The Morgan fingerprint density at radius 3 is 1.70 bits per heavy atom. The van der Waals surface area contributed by atoms with E-state index in [1.807, 2.05) is 13.8 Å². The maximum Gasteiger partial charge on any atom is 0.233 e. The highest BCUT2D eigenvalue weighted by Gasteiger charge is 1.87. The average molecular weight is 435 g/mol. The van der Waals surface area contributed by atoms with E-state index in [4.69, 9.17) is 16.7 Å². The number of nitrogens with one attached hydrogen (secondary N) is 3. The topological polar surface area (TPSA) is 210 Å². The van der Waals surface area contributed by atoms with Crippen molar-refractivity contribution in [2.45, 2.75) is 54.9 Å². The van der Waals surface area contributed by atoms with Crippen molar-refractivity contribution in [1.82, 2.24) is 31.3 Å². The molecule has 2 amide bonds. The van der Waals surface area contributed by atoms with Gasteiger partial charge in [-0.15, -0.1) is 10.2 Å². The summed E-state index contributed by atoms with van der Waals surface area (Å²) >= 11 is 0. The van der Waals surface area contributed by atoms with Crippen LogP contribution < -0.4 is 22.1 Å². The molecule has 0 atom stereocenters. The maximum atomic E-state index is 9.94. The maximum absolute atomic E-state index is 9.94. The number of likely N-dealkylation sites (N-methyl/N-ethyl adjacent to an activating group) is 1. The van der Waals surface area contributed by atoms with E-state index in [1.54, 1.807) is 35.0 Å². The summed E-state index contributed by atoms with van der Waals surface area (Å²) in [5.41, 5.74) is 10.7. The van der Waals surface area contributed by atoms with Gasteiger partial charge in [-0.3, -0.25) is 14.6 Å². The lowest BCUT2D eigenvalue weighted by Gasteiger charge is -1.87. The molecular weight excluding hydrogens is 392 g/mol. The molecule has 1 heterocycles. The SMILES string of the molecule is C.CC/C(C)=N/O.CCc1nn[nH]n1.CN=C(C)N.CNC(=O)CN.CNC(C)=O. The van der Waals surface area contributed by atoms with Gasteiger partial charge in [0.05, 0.1) is 18.1 Å². The molecule has 0 bridgehead atoms. The first-order valence-electron chi connectivity index (χ1n) is 8.77. The number of nitrogens with two attached hydrogens (primary N) is 2. The van der Waals surface area contributed by atoms with Gasteiger partial charge in [-0.05, 0) is 20.3 Å². The van der Waals surface area contributed by atoms with E-state index in [9.17, 15) is 9.59 Å². The highest BCUT2D eigenvalue weighted by atomic mass is 16.4. The lowest BCUT2D eigenvalue weighted by molar-refractivity contribution is -0.119. The number of hydrogen-bond acceptors (Lipinski definition) is 9. The number of aliphatic imine (C=N–C) groups is 1. The summed E-state index contributed by atoms with van der Waals surface area (Å²) in [4.78, 5) is 23.2. The highest BCUT2D eigenvalue weighted by molar-refractivity contribution is 5.80. The molecular formula is C17H42N10O3. The molecule has 0 aliphatic carbocycles. The number of H-pyrrole nitrogens is 1. The molecule has 0 aliphatic heterocycles. The van der Waals surface area contributed by atoms with Crippen LogP contribution in [0.25, 0.3) is 0 Å². The van der Waals surface area contributed by atoms with Crippen LogP contribution in [0.4, 0.5) is 0 Å². The fourth-order valence-electron chi connectivity index (χ4n) is 0.505. The van der Waals surface area contributed by atoms with Gasteiger partial charge in [0.15, 0.2) is 5.82 Å². The van der Waals surface area contributed by atoms with Crippen LogP contribution in [0.15, 0.2) is 10.1 Å². The van der Waals surface area contributed by atoms with E-state index in [0.29, 0.717) is 5.84 Å². The van der Waals surface area contributed by atoms with Gasteiger partial charge in [0.1, 0.15) is 0 Å². The summed E-state index contributed by atoms with van der Waals surface area (Å²) in [5.74, 6) is 1.27. The van der Waals surface area contributed by atoms with Crippen LogP contribution in [-0.4, -0.2) is 76.9 Å². The first-order chi connectivity index (χ1) is 13.6. The van der Waals surface area contributed by atoms with Crippen LogP contribution in [0.5, 0.6) is 0 Å². The van der Waals surface area contributed by atoms with E-state index in [1.165, 1.54) is 6.92 Å². The van der Waals surface area contributed by atoms with Crippen LogP contribution in [0, 0.1) is 0 Å². The number of amides is 2. The lowest BCUT2D eigenvalue weighted by Crippen LogP contribution is -2.26. The molecule has 178 valence electrons. The molecule has 0 unspecified atom stereocenters. The highest BCUT2D eigenvalue weighted by Crippen LogP contribution is 1.79. The van der Waals surface area contributed by atoms with Gasteiger partial charge in [-0.2, -0.15) is 5.21 Å². The minimum atomic E-state index is -0.130. The van der Waals surface area contributed by atoms with Crippen LogP contribution in [0.2, 0.25) is 0 Å². The van der Waals surface area contributed by atoms with Crippen molar-refractivity contribution in [2.24, 2.45) is 21.6 Å². The molecule has 0 aromatic carbocycles. The number of aromatic amines is 1. The number of amidine groups is 1. The third-order valence-electron chi connectivity index (χ3n) is 2.56. The molecule has 8 N–H and O–H groups in total. The minimum Gasteiger partial charge on any atom is -0.411 e. The zero-order chi connectivity index (χ0) is 23.7. The number of rotatable bonds is 3. The zero-order valence-electron chi connectivity index (χ0n) is 18.8. The second-order valence-corrected chi connectivity index (χ2v) is 4.92. The quantitative estimate of drug-likeness (QED) is 0.165. The molecule has 0 radical (unpaired) electrons. The molecule has 0 saturated carbocycles. The van der Waals surface area contributed by atoms with Gasteiger partial charge >= 0.3 is 0 Å². The van der Waals surface area contributed by atoms with Crippen molar-refractivity contribution < 1.29 is 14.8 Å². The number of nitrogens with zero attached hydrogens (tertiary/aromatic N) is 5. The predicted molar refractivity (Wildman–Crippen MR) is 122 cm³/mol. The molecule has 1 aromatic heterocycles. The van der Waals surface area contributed by atoms with Gasteiger partial charge in [-0.1, -0.05) is 31.6 Å². The van der Waals surface area contributed by atoms with Gasteiger partial charge in [0.25, 0.3) is 0 Å². The summed E-state index contributed by atoms with van der Waals surface area (Å²) in [5, 5.41) is 28.7. The fourth-order valence-corrected chi connectivity index (χ4v) is 0.505. The zero-order valence-corrected chi connectivity index (χ0v) is 18.8. The van der Waals surface area contributed by atoms with Crippen molar-refractivity contribution in [3.63, 3.8) is 0 Å². The average Bonchev–Trinajstić information content (AvgIpc) is 3.28. The van der Waals surface area contributed by atoms with E-state index < -0.39 is 0 Å². The van der Waals surface area contributed by atoms with Crippen LogP contribution in [-0.2, 0) is 16.0 Å². The van der Waals surface area contributed by atoms with Crippen LogP contribution in [0.1, 0.15) is 54.3 Å². The summed E-state index contributed by atoms with van der Waals surface area (Å²) in [6.07, 6.45) is 1.67. The summed E-state index contributed by atoms with van der Waals surface area (Å²) in [6, 6.07) is 0. The van der Waals surface area contributed by atoms with E-state index in [2.05, 4.69) is 41.4 Å². The Morgan fingerprint density at radius 2 is 1.63 bits per heavy atom. The number of carbonyl (C=O) groups is 2. The number of aryl methyl sites for hydroxylation is 1. The van der Waals surface area contributed by atoms with Crippen molar-refractivity contribution in [1.29, 1.82) is 0 Å². The second-order valence-electron chi connectivity index (χ2n) is 4.92. The molecule has 0 aliphatic rings. The Bertz CT molecular complexity index is 536. The van der Waals surface area contributed by atoms with Crippen molar-refractivity contribution >= 4 is 23.4 Å². The van der Waals surface area contributed by atoms with E-state index in [-0.39, 0.29) is 25.8 Å². The molecule has 0 fully saturated rings. The third-order valence-corrected chi connectivity index (χ3v) is 2.56. The standard InChI is InChI=1S/C4H9NO.C3H6N4.C3H8N2O.C3H8N2.C3H7NO.CH4/c1-3-4(2)5-6;1-2-3-4-6-7-5-3;1-5-3(6)2-4;1-3(4)5-2;1-3(5)4-2;/h6H,3H2,1-2H3;2H2,1H3,(H,4,5,6,7);2,4H2,1H3,(H,5,6);1-2H3,(H2,4,5);1-2H3,(H,4,5);1H4/b5-4+;;;;;. The van der Waals surface area contributed by atoms with Crippen LogP contribution >= 0.6 is 0 Å². The molecule has 13 nitrogen and oxygen atoms in total. The van der Waals surface area contributed by atoms with Crippen LogP contribution in [0.3, 0.4) is 0 Å². The Morgan fingerprint density at radius 1 is 1.17 bits per heavy atom. The van der Waals surface area contributed by atoms with Gasteiger partial charge in [-0.25, -0.2) is 0 Å². The molecule has 0 saturated heterocycles.